The van der Waals surface area contributed by atoms with Gasteiger partial charge in [0.15, 0.2) is 5.16 Å². The quantitative estimate of drug-likeness (QED) is 0.824. The number of rotatable bonds is 5. The van der Waals surface area contributed by atoms with E-state index in [1.165, 1.54) is 11.8 Å². The Morgan fingerprint density at radius 1 is 1.42 bits per heavy atom. The maximum atomic E-state index is 12.0. The SMILES string of the molecule is COc1ccc(NC(=O)C(C)Sc2ncc[nH]2)cc1. The van der Waals surface area contributed by atoms with Gasteiger partial charge in [0.05, 0.1) is 12.4 Å². The number of aromatic amines is 1. The summed E-state index contributed by atoms with van der Waals surface area (Å²) in [5.41, 5.74) is 0.748. The summed E-state index contributed by atoms with van der Waals surface area (Å²) in [6.45, 7) is 1.84. The van der Waals surface area contributed by atoms with E-state index in [1.54, 1.807) is 43.8 Å². The summed E-state index contributed by atoms with van der Waals surface area (Å²) < 4.78 is 5.06. The lowest BCUT2D eigenvalue weighted by Gasteiger charge is -2.10. The standard InChI is InChI=1S/C13H15N3O2S/c1-9(19-13-14-7-8-15-13)12(17)16-10-3-5-11(18-2)6-4-10/h3-9H,1-2H3,(H,14,15)(H,16,17). The Labute approximate surface area is 115 Å². The molecule has 2 aromatic rings. The van der Waals surface area contributed by atoms with Crippen molar-refractivity contribution < 1.29 is 9.53 Å². The molecule has 1 unspecified atom stereocenters. The first-order chi connectivity index (χ1) is 9.19. The van der Waals surface area contributed by atoms with E-state index in [4.69, 9.17) is 4.74 Å². The Morgan fingerprint density at radius 3 is 2.74 bits per heavy atom. The topological polar surface area (TPSA) is 67.0 Å². The summed E-state index contributed by atoms with van der Waals surface area (Å²) in [6, 6.07) is 7.22. The van der Waals surface area contributed by atoms with Crippen molar-refractivity contribution in [3.05, 3.63) is 36.7 Å². The summed E-state index contributed by atoms with van der Waals surface area (Å²) in [5, 5.41) is 3.35. The minimum Gasteiger partial charge on any atom is -0.497 e. The molecular weight excluding hydrogens is 262 g/mol. The predicted molar refractivity (Wildman–Crippen MR) is 75.5 cm³/mol. The molecule has 1 heterocycles. The van der Waals surface area contributed by atoms with Gasteiger partial charge in [-0.15, -0.1) is 0 Å². The van der Waals surface area contributed by atoms with Gasteiger partial charge in [0, 0.05) is 18.1 Å². The third-order valence-corrected chi connectivity index (χ3v) is 3.50. The van der Waals surface area contributed by atoms with Crippen molar-refractivity contribution in [3.8, 4) is 5.75 Å². The number of methoxy groups -OCH3 is 1. The van der Waals surface area contributed by atoms with Gasteiger partial charge in [0.2, 0.25) is 5.91 Å². The van der Waals surface area contributed by atoms with Gasteiger partial charge in [-0.25, -0.2) is 4.98 Å². The lowest BCUT2D eigenvalue weighted by molar-refractivity contribution is -0.115. The number of benzene rings is 1. The van der Waals surface area contributed by atoms with Gasteiger partial charge in [0.1, 0.15) is 5.75 Å². The first-order valence-corrected chi connectivity index (χ1v) is 6.68. The van der Waals surface area contributed by atoms with E-state index < -0.39 is 0 Å². The Bertz CT molecular complexity index is 525. The molecule has 19 heavy (non-hydrogen) atoms. The lowest BCUT2D eigenvalue weighted by atomic mass is 10.3. The fraction of sp³-hybridized carbons (Fsp3) is 0.231. The number of thioether (sulfide) groups is 1. The minimum atomic E-state index is -0.228. The monoisotopic (exact) mass is 277 g/mol. The second kappa shape index (κ2) is 6.29. The van der Waals surface area contributed by atoms with Crippen LogP contribution in [-0.4, -0.2) is 28.2 Å². The fourth-order valence-electron chi connectivity index (χ4n) is 1.45. The van der Waals surface area contributed by atoms with Crippen molar-refractivity contribution in [2.24, 2.45) is 0 Å². The number of amides is 1. The number of H-pyrrole nitrogens is 1. The van der Waals surface area contributed by atoms with Crippen molar-refractivity contribution in [1.29, 1.82) is 0 Å². The van der Waals surface area contributed by atoms with Gasteiger partial charge in [-0.2, -0.15) is 0 Å². The highest BCUT2D eigenvalue weighted by Crippen LogP contribution is 2.21. The molecule has 0 saturated carbocycles. The molecule has 100 valence electrons. The molecule has 0 radical (unpaired) electrons. The molecule has 0 bridgehead atoms. The average molecular weight is 277 g/mol. The maximum absolute atomic E-state index is 12.0. The molecule has 2 rings (SSSR count). The fourth-order valence-corrected chi connectivity index (χ4v) is 2.21. The van der Waals surface area contributed by atoms with Gasteiger partial charge in [-0.3, -0.25) is 4.79 Å². The second-order valence-corrected chi connectivity index (χ2v) is 5.20. The number of hydrogen-bond donors (Lipinski definition) is 2. The molecule has 2 N–H and O–H groups in total. The van der Waals surface area contributed by atoms with Crippen molar-refractivity contribution >= 4 is 23.4 Å². The van der Waals surface area contributed by atoms with E-state index in [2.05, 4.69) is 15.3 Å². The Morgan fingerprint density at radius 2 is 2.16 bits per heavy atom. The molecule has 6 heteroatoms. The zero-order chi connectivity index (χ0) is 13.7. The van der Waals surface area contributed by atoms with E-state index in [9.17, 15) is 4.79 Å². The van der Waals surface area contributed by atoms with E-state index in [-0.39, 0.29) is 11.2 Å². The van der Waals surface area contributed by atoms with Crippen molar-refractivity contribution in [3.63, 3.8) is 0 Å². The number of nitrogens with one attached hydrogen (secondary N) is 2. The molecule has 1 amide bonds. The van der Waals surface area contributed by atoms with Gasteiger partial charge >= 0.3 is 0 Å². The molecule has 1 aromatic heterocycles. The second-order valence-electron chi connectivity index (χ2n) is 3.87. The summed E-state index contributed by atoms with van der Waals surface area (Å²) >= 11 is 1.38. The molecule has 0 aliphatic heterocycles. The number of imidazole rings is 1. The third-order valence-electron chi connectivity index (χ3n) is 2.49. The van der Waals surface area contributed by atoms with Gasteiger partial charge in [-0.05, 0) is 31.2 Å². The molecule has 1 aromatic carbocycles. The van der Waals surface area contributed by atoms with E-state index in [1.807, 2.05) is 6.92 Å². The number of carbonyl (C=O) groups is 1. The maximum Gasteiger partial charge on any atom is 0.237 e. The zero-order valence-electron chi connectivity index (χ0n) is 10.7. The molecule has 0 spiro atoms. The summed E-state index contributed by atoms with van der Waals surface area (Å²) in [5.74, 6) is 0.697. The number of ether oxygens (including phenoxy) is 1. The highest BCUT2D eigenvalue weighted by atomic mass is 32.2. The Hall–Kier alpha value is -1.95. The molecule has 0 aliphatic rings. The lowest BCUT2D eigenvalue weighted by Crippen LogP contribution is -2.22. The molecule has 1 atom stereocenters. The van der Waals surface area contributed by atoms with Crippen molar-refractivity contribution in [2.75, 3.05) is 12.4 Å². The van der Waals surface area contributed by atoms with Crippen LogP contribution in [0, 0.1) is 0 Å². The molecule has 0 fully saturated rings. The average Bonchev–Trinajstić information content (AvgIpc) is 2.92. The van der Waals surface area contributed by atoms with Gasteiger partial charge in [-0.1, -0.05) is 11.8 Å². The number of hydrogen-bond acceptors (Lipinski definition) is 4. The summed E-state index contributed by atoms with van der Waals surface area (Å²) in [4.78, 5) is 19.0. The Balaban J connectivity index is 1.92. The highest BCUT2D eigenvalue weighted by molar-refractivity contribution is 8.00. The molecule has 0 saturated heterocycles. The zero-order valence-corrected chi connectivity index (χ0v) is 11.5. The highest BCUT2D eigenvalue weighted by Gasteiger charge is 2.15. The number of nitrogens with zero attached hydrogens (tertiary/aromatic N) is 1. The predicted octanol–water partition coefficient (Wildman–Crippen LogP) is 2.54. The van der Waals surface area contributed by atoms with Crippen molar-refractivity contribution in [2.45, 2.75) is 17.3 Å². The minimum absolute atomic E-state index is 0.0634. The van der Waals surface area contributed by atoms with Crippen molar-refractivity contribution in [1.82, 2.24) is 9.97 Å². The van der Waals surface area contributed by atoms with Crippen LogP contribution in [0.25, 0.3) is 0 Å². The Kier molecular flexibility index (Phi) is 4.46. The van der Waals surface area contributed by atoms with Crippen LogP contribution in [0.3, 0.4) is 0 Å². The summed E-state index contributed by atoms with van der Waals surface area (Å²) in [7, 11) is 1.61. The number of anilines is 1. The normalized spacial score (nSPS) is 11.9. The molecule has 5 nitrogen and oxygen atoms in total. The molecular formula is C13H15N3O2S. The number of carbonyl (C=O) groups excluding carboxylic acids is 1. The smallest absolute Gasteiger partial charge is 0.237 e. The van der Waals surface area contributed by atoms with Crippen LogP contribution in [0.1, 0.15) is 6.92 Å². The molecule has 0 aliphatic carbocycles. The first-order valence-electron chi connectivity index (χ1n) is 5.80. The first kappa shape index (κ1) is 13.5. The van der Waals surface area contributed by atoms with Gasteiger partial charge in [0.25, 0.3) is 0 Å². The summed E-state index contributed by atoms with van der Waals surface area (Å²) in [6.07, 6.45) is 3.40. The van der Waals surface area contributed by atoms with Crippen LogP contribution >= 0.6 is 11.8 Å². The van der Waals surface area contributed by atoms with E-state index in [0.29, 0.717) is 0 Å². The number of aromatic nitrogens is 2. The van der Waals surface area contributed by atoms with Crippen LogP contribution in [0.15, 0.2) is 41.8 Å². The van der Waals surface area contributed by atoms with Crippen LogP contribution in [0.4, 0.5) is 5.69 Å². The van der Waals surface area contributed by atoms with E-state index >= 15 is 0 Å². The van der Waals surface area contributed by atoms with Gasteiger partial charge < -0.3 is 15.0 Å². The van der Waals surface area contributed by atoms with Crippen LogP contribution in [-0.2, 0) is 4.79 Å². The largest absolute Gasteiger partial charge is 0.497 e. The van der Waals surface area contributed by atoms with Crippen LogP contribution < -0.4 is 10.1 Å². The third kappa shape index (κ3) is 3.75. The van der Waals surface area contributed by atoms with Crippen LogP contribution in [0.2, 0.25) is 0 Å². The van der Waals surface area contributed by atoms with E-state index in [0.717, 1.165) is 16.6 Å². The van der Waals surface area contributed by atoms with Crippen LogP contribution in [0.5, 0.6) is 5.75 Å².